The molecule has 1 aliphatic rings. The monoisotopic (exact) mass is 226 g/mol. The second kappa shape index (κ2) is 5.67. The minimum Gasteiger partial charge on any atom is -0.338 e. The molecule has 0 aromatic rings. The zero-order chi connectivity index (χ0) is 12.3. The number of rotatable bonds is 5. The van der Waals surface area contributed by atoms with Crippen LogP contribution in [0.2, 0.25) is 0 Å². The third-order valence-corrected chi connectivity index (χ3v) is 3.36. The first-order chi connectivity index (χ1) is 7.47. The molecule has 0 bridgehead atoms. The Morgan fingerprint density at radius 2 is 2.00 bits per heavy atom. The van der Waals surface area contributed by atoms with E-state index in [2.05, 4.69) is 44.8 Å². The summed E-state index contributed by atoms with van der Waals surface area (Å²) in [6, 6.07) is 0.840. The molecule has 0 radical (unpaired) electrons. The Balaban J connectivity index is 2.62. The van der Waals surface area contributed by atoms with Crippen LogP contribution in [0.5, 0.6) is 0 Å². The van der Waals surface area contributed by atoms with Crippen LogP contribution >= 0.6 is 0 Å². The molecule has 0 spiro atoms. The predicted octanol–water partition coefficient (Wildman–Crippen LogP) is 2.02. The molecule has 3 nitrogen and oxygen atoms in total. The number of carbonyl (C=O) groups is 1. The number of hydrogen-bond acceptors (Lipinski definition) is 2. The van der Waals surface area contributed by atoms with Crippen molar-refractivity contribution in [1.29, 1.82) is 0 Å². The van der Waals surface area contributed by atoms with Gasteiger partial charge in [0.15, 0.2) is 0 Å². The normalized spacial score (nSPS) is 23.6. The van der Waals surface area contributed by atoms with Gasteiger partial charge in [0.1, 0.15) is 0 Å². The van der Waals surface area contributed by atoms with Gasteiger partial charge in [0.05, 0.1) is 6.04 Å². The number of carbonyl (C=O) groups excluding carboxylic acids is 1. The molecule has 94 valence electrons. The van der Waals surface area contributed by atoms with Crippen molar-refractivity contribution in [3.63, 3.8) is 0 Å². The lowest BCUT2D eigenvalue weighted by molar-refractivity contribution is -0.132. The van der Waals surface area contributed by atoms with E-state index in [-0.39, 0.29) is 6.04 Å². The molecule has 1 aliphatic heterocycles. The zero-order valence-corrected chi connectivity index (χ0v) is 11.3. The highest BCUT2D eigenvalue weighted by Gasteiger charge is 2.36. The van der Waals surface area contributed by atoms with Gasteiger partial charge in [-0.2, -0.15) is 0 Å². The van der Waals surface area contributed by atoms with Gasteiger partial charge in [0.25, 0.3) is 0 Å². The molecule has 0 saturated carbocycles. The van der Waals surface area contributed by atoms with Crippen molar-refractivity contribution in [3.8, 4) is 0 Å². The summed E-state index contributed by atoms with van der Waals surface area (Å²) in [6.45, 7) is 11.7. The van der Waals surface area contributed by atoms with Gasteiger partial charge in [-0.3, -0.25) is 4.79 Å². The van der Waals surface area contributed by atoms with E-state index >= 15 is 0 Å². The van der Waals surface area contributed by atoms with Crippen LogP contribution in [-0.2, 0) is 4.79 Å². The van der Waals surface area contributed by atoms with Crippen molar-refractivity contribution in [1.82, 2.24) is 10.2 Å². The molecule has 16 heavy (non-hydrogen) atoms. The fourth-order valence-electron chi connectivity index (χ4n) is 2.64. The van der Waals surface area contributed by atoms with Gasteiger partial charge in [-0.15, -0.1) is 0 Å². The van der Waals surface area contributed by atoms with Crippen molar-refractivity contribution < 1.29 is 4.79 Å². The molecule has 1 amide bonds. The number of nitrogens with one attached hydrogen (secondary N) is 1. The fourth-order valence-corrected chi connectivity index (χ4v) is 2.64. The highest BCUT2D eigenvalue weighted by atomic mass is 16.2. The molecule has 1 heterocycles. The second-order valence-electron chi connectivity index (χ2n) is 5.41. The van der Waals surface area contributed by atoms with Crippen LogP contribution in [-0.4, -0.2) is 35.5 Å². The standard InChI is InChI=1S/C13H26N2O/c1-6-12(9(2)3)15-8-7-11(13(15)16)14-10(4)5/h9-12,14H,6-8H2,1-5H3. The maximum Gasteiger partial charge on any atom is 0.240 e. The van der Waals surface area contributed by atoms with Crippen LogP contribution in [0, 0.1) is 5.92 Å². The lowest BCUT2D eigenvalue weighted by Crippen LogP contribution is -2.46. The fraction of sp³-hybridized carbons (Fsp3) is 0.923. The predicted molar refractivity (Wildman–Crippen MR) is 67.3 cm³/mol. The van der Waals surface area contributed by atoms with Crippen molar-refractivity contribution in [2.45, 2.75) is 65.6 Å². The van der Waals surface area contributed by atoms with Crippen LogP contribution in [0.4, 0.5) is 0 Å². The third kappa shape index (κ3) is 2.97. The molecule has 2 unspecified atom stereocenters. The van der Waals surface area contributed by atoms with Crippen molar-refractivity contribution in [2.24, 2.45) is 5.92 Å². The molecule has 1 fully saturated rings. The Kier molecular flexibility index (Phi) is 4.78. The van der Waals surface area contributed by atoms with Crippen LogP contribution < -0.4 is 5.32 Å². The average molecular weight is 226 g/mol. The maximum absolute atomic E-state index is 12.2. The first-order valence-corrected chi connectivity index (χ1v) is 6.53. The number of nitrogens with zero attached hydrogens (tertiary/aromatic N) is 1. The quantitative estimate of drug-likeness (QED) is 0.778. The molecule has 1 rings (SSSR count). The highest BCUT2D eigenvalue weighted by Crippen LogP contribution is 2.21. The Morgan fingerprint density at radius 3 is 2.44 bits per heavy atom. The summed E-state index contributed by atoms with van der Waals surface area (Å²) in [5.74, 6) is 0.848. The first kappa shape index (κ1) is 13.5. The number of likely N-dealkylation sites (tertiary alicyclic amines) is 1. The summed E-state index contributed by atoms with van der Waals surface area (Å²) in [6.07, 6.45) is 2.01. The number of amides is 1. The summed E-state index contributed by atoms with van der Waals surface area (Å²) < 4.78 is 0. The SMILES string of the molecule is CCC(C(C)C)N1CCC(NC(C)C)C1=O. The maximum atomic E-state index is 12.2. The lowest BCUT2D eigenvalue weighted by Gasteiger charge is -2.30. The minimum atomic E-state index is 0.0489. The van der Waals surface area contributed by atoms with Crippen LogP contribution in [0.15, 0.2) is 0 Å². The topological polar surface area (TPSA) is 32.3 Å². The Morgan fingerprint density at radius 1 is 1.38 bits per heavy atom. The first-order valence-electron chi connectivity index (χ1n) is 6.53. The van der Waals surface area contributed by atoms with E-state index in [4.69, 9.17) is 0 Å². The van der Waals surface area contributed by atoms with Gasteiger partial charge in [-0.05, 0) is 18.8 Å². The van der Waals surface area contributed by atoms with E-state index < -0.39 is 0 Å². The second-order valence-corrected chi connectivity index (χ2v) is 5.41. The molecule has 2 atom stereocenters. The molecule has 3 heteroatoms. The lowest BCUT2D eigenvalue weighted by atomic mass is 10.0. The molecular weight excluding hydrogens is 200 g/mol. The minimum absolute atomic E-state index is 0.0489. The molecule has 0 aromatic heterocycles. The summed E-state index contributed by atoms with van der Waals surface area (Å²) in [5, 5.41) is 3.35. The van der Waals surface area contributed by atoms with Crippen molar-refractivity contribution in [2.75, 3.05) is 6.54 Å². The summed E-state index contributed by atoms with van der Waals surface area (Å²) in [7, 11) is 0. The summed E-state index contributed by atoms with van der Waals surface area (Å²) in [5.41, 5.74) is 0. The molecular formula is C13H26N2O. The van der Waals surface area contributed by atoms with E-state index in [1.807, 2.05) is 0 Å². The zero-order valence-electron chi connectivity index (χ0n) is 11.3. The highest BCUT2D eigenvalue weighted by molar-refractivity contribution is 5.84. The van der Waals surface area contributed by atoms with E-state index in [1.54, 1.807) is 0 Å². The van der Waals surface area contributed by atoms with E-state index in [0.717, 1.165) is 19.4 Å². The van der Waals surface area contributed by atoms with E-state index in [1.165, 1.54) is 0 Å². The summed E-state index contributed by atoms with van der Waals surface area (Å²) in [4.78, 5) is 14.3. The average Bonchev–Trinajstić information content (AvgIpc) is 2.50. The van der Waals surface area contributed by atoms with Gasteiger partial charge < -0.3 is 10.2 Å². The third-order valence-electron chi connectivity index (χ3n) is 3.36. The Bertz CT molecular complexity index is 238. The summed E-state index contributed by atoms with van der Waals surface area (Å²) >= 11 is 0. The Hall–Kier alpha value is -0.570. The number of hydrogen-bond donors (Lipinski definition) is 1. The molecule has 1 saturated heterocycles. The molecule has 0 aromatic carbocycles. The van der Waals surface area contributed by atoms with Gasteiger partial charge in [-0.1, -0.05) is 34.6 Å². The van der Waals surface area contributed by atoms with Gasteiger partial charge in [0.2, 0.25) is 5.91 Å². The smallest absolute Gasteiger partial charge is 0.240 e. The van der Waals surface area contributed by atoms with Crippen LogP contribution in [0.25, 0.3) is 0 Å². The molecule has 0 aliphatic carbocycles. The van der Waals surface area contributed by atoms with Gasteiger partial charge in [-0.25, -0.2) is 0 Å². The Labute approximate surface area is 99.6 Å². The van der Waals surface area contributed by atoms with Gasteiger partial charge >= 0.3 is 0 Å². The largest absolute Gasteiger partial charge is 0.338 e. The van der Waals surface area contributed by atoms with Crippen molar-refractivity contribution >= 4 is 5.91 Å². The van der Waals surface area contributed by atoms with Gasteiger partial charge in [0, 0.05) is 18.6 Å². The van der Waals surface area contributed by atoms with E-state index in [9.17, 15) is 4.79 Å². The van der Waals surface area contributed by atoms with E-state index in [0.29, 0.717) is 23.9 Å². The van der Waals surface area contributed by atoms with Crippen LogP contribution in [0.3, 0.4) is 0 Å². The van der Waals surface area contributed by atoms with Crippen molar-refractivity contribution in [3.05, 3.63) is 0 Å². The van der Waals surface area contributed by atoms with Crippen LogP contribution in [0.1, 0.15) is 47.5 Å². The molecule has 1 N–H and O–H groups in total.